The van der Waals surface area contributed by atoms with E-state index in [9.17, 15) is 18.0 Å². The van der Waals surface area contributed by atoms with Gasteiger partial charge in [0.25, 0.3) is 5.91 Å². The van der Waals surface area contributed by atoms with Crippen molar-refractivity contribution in [3.8, 4) is 11.1 Å². The van der Waals surface area contributed by atoms with Gasteiger partial charge in [-0.15, -0.1) is 0 Å². The maximum atomic E-state index is 13.0. The van der Waals surface area contributed by atoms with E-state index in [0.29, 0.717) is 41.9 Å². The number of nitrogens with zero attached hydrogens (tertiary/aromatic N) is 2. The van der Waals surface area contributed by atoms with Gasteiger partial charge in [-0.25, -0.2) is 13.6 Å². The highest BCUT2D eigenvalue weighted by Gasteiger charge is 2.28. The lowest BCUT2D eigenvalue weighted by atomic mass is 10.0. The molecule has 0 spiro atoms. The Kier molecular flexibility index (Phi) is 6.68. The Balaban J connectivity index is 1.42. The fourth-order valence-electron chi connectivity index (χ4n) is 3.99. The molecule has 4 rings (SSSR count). The summed E-state index contributed by atoms with van der Waals surface area (Å²) in [4.78, 5) is 28.9. The van der Waals surface area contributed by atoms with E-state index in [0.717, 1.165) is 5.56 Å². The topological polar surface area (TPSA) is 151 Å². The third kappa shape index (κ3) is 5.39. The van der Waals surface area contributed by atoms with Crippen LogP contribution in [0.25, 0.3) is 11.1 Å². The number of sulfonamides is 1. The van der Waals surface area contributed by atoms with Crippen LogP contribution in [0.15, 0.2) is 77.7 Å². The van der Waals surface area contributed by atoms with Crippen LogP contribution in [-0.4, -0.2) is 55.5 Å². The highest BCUT2D eigenvalue weighted by atomic mass is 32.2. The Morgan fingerprint density at radius 2 is 1.54 bits per heavy atom. The van der Waals surface area contributed by atoms with E-state index < -0.39 is 10.0 Å². The van der Waals surface area contributed by atoms with Gasteiger partial charge in [0, 0.05) is 36.3 Å². The zero-order chi connectivity index (χ0) is 25.2. The number of amides is 2. The first-order valence-electron chi connectivity index (χ1n) is 10.9. The molecule has 35 heavy (non-hydrogen) atoms. The van der Waals surface area contributed by atoms with Gasteiger partial charge in [-0.2, -0.15) is 0 Å². The number of hydrogen-bond acceptors (Lipinski definition) is 5. The zero-order valence-electron chi connectivity index (χ0n) is 18.8. The smallest absolute Gasteiger partial charge is 0.254 e. The largest absolute Gasteiger partial charge is 0.384 e. The fourth-order valence-corrected chi connectivity index (χ4v) is 4.75. The summed E-state index contributed by atoms with van der Waals surface area (Å²) in [6, 6.07) is 20.1. The number of amidine groups is 1. The average molecular weight is 492 g/mol. The Morgan fingerprint density at radius 3 is 2.14 bits per heavy atom. The van der Waals surface area contributed by atoms with Gasteiger partial charge in [-0.05, 0) is 29.3 Å². The van der Waals surface area contributed by atoms with Gasteiger partial charge in [-0.3, -0.25) is 15.0 Å². The van der Waals surface area contributed by atoms with Crippen molar-refractivity contribution in [2.45, 2.75) is 11.4 Å². The summed E-state index contributed by atoms with van der Waals surface area (Å²) >= 11 is 0. The summed E-state index contributed by atoms with van der Waals surface area (Å²) in [5.41, 5.74) is 8.48. The van der Waals surface area contributed by atoms with Crippen LogP contribution >= 0.6 is 0 Å². The Hall–Kier alpha value is -4.02. The van der Waals surface area contributed by atoms with Crippen LogP contribution in [0.2, 0.25) is 0 Å². The molecule has 9 nitrogen and oxygen atoms in total. The summed E-state index contributed by atoms with van der Waals surface area (Å²) in [6.45, 7) is 1.18. The number of nitrogens with one attached hydrogen (secondary N) is 1. The molecule has 1 aliphatic heterocycles. The molecular formula is C25H25N5O4S. The zero-order valence-corrected chi connectivity index (χ0v) is 19.7. The van der Waals surface area contributed by atoms with Crippen LogP contribution in [0.1, 0.15) is 21.5 Å². The lowest BCUT2D eigenvalue weighted by Crippen LogP contribution is -2.51. The summed E-state index contributed by atoms with van der Waals surface area (Å²) in [5.74, 6) is -0.435. The molecule has 0 radical (unpaired) electrons. The van der Waals surface area contributed by atoms with E-state index in [2.05, 4.69) is 0 Å². The van der Waals surface area contributed by atoms with Crippen molar-refractivity contribution in [3.05, 3.63) is 89.5 Å². The molecule has 0 bridgehead atoms. The van der Waals surface area contributed by atoms with Crippen molar-refractivity contribution < 1.29 is 18.0 Å². The number of carbonyl (C=O) groups is 2. The van der Waals surface area contributed by atoms with Gasteiger partial charge >= 0.3 is 0 Å². The molecule has 1 aliphatic rings. The molecule has 0 aliphatic carbocycles. The monoisotopic (exact) mass is 491 g/mol. The third-order valence-electron chi connectivity index (χ3n) is 5.88. The van der Waals surface area contributed by atoms with Gasteiger partial charge in [-0.1, -0.05) is 54.6 Å². The minimum absolute atomic E-state index is 0.0109. The first kappa shape index (κ1) is 24.1. The standard InChI is InChI=1S/C25H25N5O4S/c26-24(27)19-7-5-17(6-8-19)15-29-13-14-30(16-23(29)31)25(32)20-11-9-18(10-12-20)21-3-1-2-4-22(21)35(28,33)34/h1-12H,13-16H2,(H3,26,27)(H2,28,33,34). The van der Waals surface area contributed by atoms with Crippen LogP contribution in [0.3, 0.4) is 0 Å². The minimum atomic E-state index is -3.90. The highest BCUT2D eigenvalue weighted by molar-refractivity contribution is 7.89. The average Bonchev–Trinajstić information content (AvgIpc) is 2.85. The predicted molar refractivity (Wildman–Crippen MR) is 132 cm³/mol. The predicted octanol–water partition coefficient (Wildman–Crippen LogP) is 1.77. The number of piperazine rings is 1. The molecule has 2 amide bonds. The molecule has 3 aromatic rings. The van der Waals surface area contributed by atoms with Gasteiger partial charge < -0.3 is 15.5 Å². The molecule has 1 fully saturated rings. The van der Waals surface area contributed by atoms with Gasteiger partial charge in [0.2, 0.25) is 15.9 Å². The second kappa shape index (κ2) is 9.69. The van der Waals surface area contributed by atoms with Crippen LogP contribution in [0.5, 0.6) is 0 Å². The van der Waals surface area contributed by atoms with E-state index in [4.69, 9.17) is 16.3 Å². The SMILES string of the molecule is N=C(N)c1ccc(CN2CCN(C(=O)c3ccc(-c4ccccc4S(N)(=O)=O)cc3)CC2=O)cc1. The van der Waals surface area contributed by atoms with Crippen LogP contribution in [0, 0.1) is 5.41 Å². The van der Waals surface area contributed by atoms with Crippen molar-refractivity contribution in [3.63, 3.8) is 0 Å². The number of nitrogens with two attached hydrogens (primary N) is 2. The number of rotatable bonds is 6. The molecule has 1 heterocycles. The number of nitrogen functional groups attached to an aromatic ring is 1. The molecule has 5 N–H and O–H groups in total. The van der Waals surface area contributed by atoms with E-state index in [1.54, 1.807) is 59.5 Å². The Bertz CT molecular complexity index is 1390. The van der Waals surface area contributed by atoms with Crippen LogP contribution in [0.4, 0.5) is 0 Å². The van der Waals surface area contributed by atoms with Gasteiger partial charge in [0.05, 0.1) is 4.90 Å². The minimum Gasteiger partial charge on any atom is -0.384 e. The maximum absolute atomic E-state index is 13.0. The fraction of sp³-hybridized carbons (Fsp3) is 0.160. The van der Waals surface area contributed by atoms with Crippen molar-refractivity contribution >= 4 is 27.7 Å². The maximum Gasteiger partial charge on any atom is 0.254 e. The van der Waals surface area contributed by atoms with Crippen molar-refractivity contribution in [2.24, 2.45) is 10.9 Å². The lowest BCUT2D eigenvalue weighted by molar-refractivity contribution is -0.135. The number of benzene rings is 3. The van der Waals surface area contributed by atoms with Gasteiger partial charge in [0.15, 0.2) is 0 Å². The van der Waals surface area contributed by atoms with E-state index >= 15 is 0 Å². The summed E-state index contributed by atoms with van der Waals surface area (Å²) in [7, 11) is -3.90. The molecule has 0 aromatic heterocycles. The molecule has 1 saturated heterocycles. The van der Waals surface area contributed by atoms with Crippen LogP contribution in [-0.2, 0) is 21.4 Å². The first-order valence-corrected chi connectivity index (χ1v) is 12.4. The molecule has 180 valence electrons. The number of hydrogen-bond donors (Lipinski definition) is 3. The molecule has 0 atom stereocenters. The van der Waals surface area contributed by atoms with E-state index in [1.807, 2.05) is 12.1 Å². The molecule has 3 aromatic carbocycles. The third-order valence-corrected chi connectivity index (χ3v) is 6.85. The van der Waals surface area contributed by atoms with Crippen molar-refractivity contribution in [1.29, 1.82) is 5.41 Å². The number of carbonyl (C=O) groups excluding carboxylic acids is 2. The van der Waals surface area contributed by atoms with Gasteiger partial charge in [0.1, 0.15) is 12.4 Å². The Morgan fingerprint density at radius 1 is 0.914 bits per heavy atom. The summed E-state index contributed by atoms with van der Waals surface area (Å²) < 4.78 is 23.8. The quantitative estimate of drug-likeness (QED) is 0.355. The Labute approximate surface area is 203 Å². The van der Waals surface area contributed by atoms with Crippen LogP contribution < -0.4 is 10.9 Å². The summed E-state index contributed by atoms with van der Waals surface area (Å²) in [6.07, 6.45) is 0. The molecule has 0 saturated carbocycles. The first-order chi connectivity index (χ1) is 16.6. The normalized spacial score (nSPS) is 14.1. The van der Waals surface area contributed by atoms with Crippen molar-refractivity contribution in [1.82, 2.24) is 9.80 Å². The van der Waals surface area contributed by atoms with E-state index in [-0.39, 0.29) is 29.1 Å². The molecule has 10 heteroatoms. The lowest BCUT2D eigenvalue weighted by Gasteiger charge is -2.34. The van der Waals surface area contributed by atoms with Crippen molar-refractivity contribution in [2.75, 3.05) is 19.6 Å². The molecular weight excluding hydrogens is 466 g/mol. The summed E-state index contributed by atoms with van der Waals surface area (Å²) in [5, 5.41) is 12.8. The molecule has 0 unspecified atom stereocenters. The second-order valence-electron chi connectivity index (χ2n) is 8.27. The highest BCUT2D eigenvalue weighted by Crippen LogP contribution is 2.27. The second-order valence-corrected chi connectivity index (χ2v) is 9.80. The van der Waals surface area contributed by atoms with E-state index in [1.165, 1.54) is 11.0 Å². The number of primary sulfonamides is 1.